The standard InChI is InChI=1S/C13H18O3/c1-15-9-11-7-10(3-4-12(11)16-2)8-13(14)5-6-13/h3-4,7,14H,5-6,8-9H2,1-2H3. The Morgan fingerprint density at radius 2 is 2.06 bits per heavy atom. The van der Waals surface area contributed by atoms with Gasteiger partial charge >= 0.3 is 0 Å². The van der Waals surface area contributed by atoms with Crippen LogP contribution >= 0.6 is 0 Å². The molecule has 0 spiro atoms. The number of methoxy groups -OCH3 is 2. The van der Waals surface area contributed by atoms with E-state index >= 15 is 0 Å². The summed E-state index contributed by atoms with van der Waals surface area (Å²) >= 11 is 0. The Balaban J connectivity index is 2.17. The Morgan fingerprint density at radius 3 is 2.62 bits per heavy atom. The van der Waals surface area contributed by atoms with E-state index in [-0.39, 0.29) is 0 Å². The zero-order valence-corrected chi connectivity index (χ0v) is 9.82. The zero-order chi connectivity index (χ0) is 11.6. The highest BCUT2D eigenvalue weighted by atomic mass is 16.5. The molecule has 1 aliphatic rings. The van der Waals surface area contributed by atoms with Crippen molar-refractivity contribution in [3.63, 3.8) is 0 Å². The molecule has 88 valence electrons. The van der Waals surface area contributed by atoms with Crippen molar-refractivity contribution in [3.05, 3.63) is 29.3 Å². The molecule has 0 radical (unpaired) electrons. The summed E-state index contributed by atoms with van der Waals surface area (Å²) in [6.45, 7) is 0.537. The quantitative estimate of drug-likeness (QED) is 0.827. The second-order valence-electron chi connectivity index (χ2n) is 4.48. The van der Waals surface area contributed by atoms with Gasteiger partial charge in [-0.15, -0.1) is 0 Å². The SMILES string of the molecule is COCc1cc(CC2(O)CC2)ccc1OC. The summed E-state index contributed by atoms with van der Waals surface area (Å²) in [4.78, 5) is 0. The highest BCUT2D eigenvalue weighted by molar-refractivity contribution is 5.37. The molecule has 0 amide bonds. The molecular formula is C13H18O3. The van der Waals surface area contributed by atoms with Gasteiger partial charge in [0.25, 0.3) is 0 Å². The fraction of sp³-hybridized carbons (Fsp3) is 0.538. The fourth-order valence-electron chi connectivity index (χ4n) is 1.91. The minimum Gasteiger partial charge on any atom is -0.496 e. The molecule has 1 saturated carbocycles. The molecule has 1 aromatic carbocycles. The lowest BCUT2D eigenvalue weighted by molar-refractivity contribution is 0.150. The van der Waals surface area contributed by atoms with E-state index in [2.05, 4.69) is 6.07 Å². The minimum atomic E-state index is -0.446. The van der Waals surface area contributed by atoms with Gasteiger partial charge in [-0.05, 0) is 30.5 Å². The van der Waals surface area contributed by atoms with Crippen molar-refractivity contribution < 1.29 is 14.6 Å². The summed E-state index contributed by atoms with van der Waals surface area (Å²) in [5, 5.41) is 9.87. The largest absolute Gasteiger partial charge is 0.496 e. The van der Waals surface area contributed by atoms with Gasteiger partial charge in [0, 0.05) is 19.1 Å². The lowest BCUT2D eigenvalue weighted by atomic mass is 10.0. The van der Waals surface area contributed by atoms with Crippen LogP contribution in [0.4, 0.5) is 0 Å². The maximum Gasteiger partial charge on any atom is 0.124 e. The predicted octanol–water partition coefficient (Wildman–Crippen LogP) is 1.91. The molecule has 3 nitrogen and oxygen atoms in total. The summed E-state index contributed by atoms with van der Waals surface area (Å²) < 4.78 is 10.4. The Labute approximate surface area is 96.0 Å². The van der Waals surface area contributed by atoms with Crippen LogP contribution in [0.25, 0.3) is 0 Å². The van der Waals surface area contributed by atoms with Gasteiger partial charge in [0.2, 0.25) is 0 Å². The average molecular weight is 222 g/mol. The molecule has 16 heavy (non-hydrogen) atoms. The second kappa shape index (κ2) is 4.44. The first-order chi connectivity index (χ1) is 7.67. The van der Waals surface area contributed by atoms with Crippen LogP contribution in [0.15, 0.2) is 18.2 Å². The van der Waals surface area contributed by atoms with Crippen molar-refractivity contribution in [2.45, 2.75) is 31.5 Å². The third-order valence-electron chi connectivity index (χ3n) is 3.00. The Bertz CT molecular complexity index is 369. The number of hydrogen-bond acceptors (Lipinski definition) is 3. The molecule has 0 aromatic heterocycles. The molecule has 1 N–H and O–H groups in total. The van der Waals surface area contributed by atoms with Crippen LogP contribution in [0.1, 0.15) is 24.0 Å². The topological polar surface area (TPSA) is 38.7 Å². The first-order valence-electron chi connectivity index (χ1n) is 5.54. The van der Waals surface area contributed by atoms with Crippen molar-refractivity contribution in [3.8, 4) is 5.75 Å². The molecule has 0 saturated heterocycles. The fourth-order valence-corrected chi connectivity index (χ4v) is 1.91. The highest BCUT2D eigenvalue weighted by Gasteiger charge is 2.40. The first kappa shape index (κ1) is 11.4. The summed E-state index contributed by atoms with van der Waals surface area (Å²) in [5.41, 5.74) is 1.73. The van der Waals surface area contributed by atoms with E-state index in [0.717, 1.165) is 36.1 Å². The molecule has 1 fully saturated rings. The van der Waals surface area contributed by atoms with Gasteiger partial charge in [0.1, 0.15) is 5.75 Å². The predicted molar refractivity (Wildman–Crippen MR) is 61.6 cm³/mol. The minimum absolute atomic E-state index is 0.446. The van der Waals surface area contributed by atoms with Crippen LogP contribution < -0.4 is 4.74 Å². The van der Waals surface area contributed by atoms with Crippen LogP contribution in [0.5, 0.6) is 5.75 Å². The van der Waals surface area contributed by atoms with Crippen molar-refractivity contribution in [2.24, 2.45) is 0 Å². The van der Waals surface area contributed by atoms with E-state index in [1.54, 1.807) is 14.2 Å². The first-order valence-corrected chi connectivity index (χ1v) is 5.54. The van der Waals surface area contributed by atoms with Crippen LogP contribution in [-0.4, -0.2) is 24.9 Å². The maximum atomic E-state index is 9.87. The molecule has 1 aliphatic carbocycles. The third-order valence-corrected chi connectivity index (χ3v) is 3.00. The van der Waals surface area contributed by atoms with Crippen LogP contribution in [0.3, 0.4) is 0 Å². The van der Waals surface area contributed by atoms with Gasteiger partial charge in [-0.25, -0.2) is 0 Å². The second-order valence-corrected chi connectivity index (χ2v) is 4.48. The van der Waals surface area contributed by atoms with E-state index in [1.165, 1.54) is 0 Å². The van der Waals surface area contributed by atoms with Crippen LogP contribution in [0.2, 0.25) is 0 Å². The van der Waals surface area contributed by atoms with Gasteiger partial charge in [-0.2, -0.15) is 0 Å². The van der Waals surface area contributed by atoms with Gasteiger partial charge < -0.3 is 14.6 Å². The van der Waals surface area contributed by atoms with Gasteiger partial charge in [0.15, 0.2) is 0 Å². The summed E-state index contributed by atoms with van der Waals surface area (Å²) in [6.07, 6.45) is 2.56. The number of hydrogen-bond donors (Lipinski definition) is 1. The highest BCUT2D eigenvalue weighted by Crippen LogP contribution is 2.38. The molecule has 0 unspecified atom stereocenters. The van der Waals surface area contributed by atoms with Crippen LogP contribution in [0, 0.1) is 0 Å². The zero-order valence-electron chi connectivity index (χ0n) is 9.82. The summed E-state index contributed by atoms with van der Waals surface area (Å²) in [5.74, 6) is 0.841. The molecular weight excluding hydrogens is 204 g/mol. The normalized spacial score (nSPS) is 17.2. The van der Waals surface area contributed by atoms with Crippen molar-refractivity contribution in [1.29, 1.82) is 0 Å². The van der Waals surface area contributed by atoms with Gasteiger partial charge in [-0.1, -0.05) is 6.07 Å². The van der Waals surface area contributed by atoms with Crippen LogP contribution in [-0.2, 0) is 17.8 Å². The molecule has 0 bridgehead atoms. The molecule has 0 atom stereocenters. The Hall–Kier alpha value is -1.06. The van der Waals surface area contributed by atoms with E-state index in [1.807, 2.05) is 12.1 Å². The number of rotatable bonds is 5. The number of ether oxygens (including phenoxy) is 2. The van der Waals surface area contributed by atoms with E-state index in [0.29, 0.717) is 6.61 Å². The number of aliphatic hydroxyl groups is 1. The van der Waals surface area contributed by atoms with Crippen molar-refractivity contribution in [1.82, 2.24) is 0 Å². The summed E-state index contributed by atoms with van der Waals surface area (Å²) in [6, 6.07) is 6.00. The van der Waals surface area contributed by atoms with E-state index in [4.69, 9.17) is 9.47 Å². The Kier molecular flexibility index (Phi) is 3.17. The maximum absolute atomic E-state index is 9.87. The Morgan fingerprint density at radius 1 is 1.31 bits per heavy atom. The van der Waals surface area contributed by atoms with Gasteiger partial charge in [0.05, 0.1) is 19.3 Å². The summed E-state index contributed by atoms with van der Waals surface area (Å²) in [7, 11) is 3.32. The average Bonchev–Trinajstić information content (AvgIpc) is 2.97. The number of benzene rings is 1. The lowest BCUT2D eigenvalue weighted by Gasteiger charge is -2.12. The van der Waals surface area contributed by atoms with Crippen molar-refractivity contribution in [2.75, 3.05) is 14.2 Å². The van der Waals surface area contributed by atoms with E-state index < -0.39 is 5.60 Å². The molecule has 0 aliphatic heterocycles. The molecule has 2 rings (SSSR count). The van der Waals surface area contributed by atoms with Crippen molar-refractivity contribution >= 4 is 0 Å². The molecule has 3 heteroatoms. The molecule has 0 heterocycles. The lowest BCUT2D eigenvalue weighted by Crippen LogP contribution is -2.11. The third kappa shape index (κ3) is 2.54. The monoisotopic (exact) mass is 222 g/mol. The molecule has 1 aromatic rings. The van der Waals surface area contributed by atoms with Gasteiger partial charge in [-0.3, -0.25) is 0 Å². The van der Waals surface area contributed by atoms with E-state index in [9.17, 15) is 5.11 Å². The smallest absolute Gasteiger partial charge is 0.124 e.